The molecule has 2 nitrogen and oxygen atoms in total. The Morgan fingerprint density at radius 2 is 0.925 bits per heavy atom. The summed E-state index contributed by atoms with van der Waals surface area (Å²) in [5.41, 5.74) is 7.92. The normalized spacial score (nSPS) is 14.0. The van der Waals surface area contributed by atoms with Gasteiger partial charge >= 0.3 is 0 Å². The topological polar surface area (TPSA) is 17.8 Å². The second-order valence-corrected chi connectivity index (χ2v) is 12.8. The molecule has 0 N–H and O–H groups in total. The third-order valence-corrected chi connectivity index (χ3v) is 9.74. The summed E-state index contributed by atoms with van der Waals surface area (Å²) >= 11 is 0. The Kier molecular flexibility index (Phi) is 5.38. The molecule has 0 saturated heterocycles. The molecule has 10 rings (SSSR count). The lowest BCUT2D eigenvalue weighted by Crippen LogP contribution is -1.98. The monoisotopic (exact) mass is 684 g/mol. The average molecular weight is 685 g/mol. The van der Waals surface area contributed by atoms with Gasteiger partial charge < -0.3 is 0 Å². The van der Waals surface area contributed by atoms with E-state index in [4.69, 9.17) is 18.7 Å². The first-order valence-electron chi connectivity index (χ1n) is 22.3. The number of nitrogens with zero attached hydrogens (tertiary/aromatic N) is 2. The minimum Gasteiger partial charge on any atom is -0.292 e. The molecule has 0 fully saturated rings. The van der Waals surface area contributed by atoms with Crippen LogP contribution in [0, 0.1) is 0 Å². The molecule has 0 aliphatic carbocycles. The van der Waals surface area contributed by atoms with Gasteiger partial charge in [-0.15, -0.1) is 0 Å². The molecule has 248 valence electrons. The molecule has 0 bridgehead atoms. The SMILES string of the molecule is [2H]c1c([2H])c([2H])c(-c2cccc(-c3c4ccccc4c(-c4cccc(-n5c(-c6ccccc6)nc6ccccc65)c4)c4ccc(-c5c([2H])c([2H])c([2H])c([2H])c5[2H])cc34)c2)c([2H])c1[2H]. The summed E-state index contributed by atoms with van der Waals surface area (Å²) in [6, 6.07) is 43.3. The number of imidazole rings is 1. The summed E-state index contributed by atoms with van der Waals surface area (Å²) in [7, 11) is 0. The summed E-state index contributed by atoms with van der Waals surface area (Å²) in [6.07, 6.45) is 0. The Morgan fingerprint density at radius 3 is 1.66 bits per heavy atom. The zero-order chi connectivity index (χ0) is 43.8. The largest absolute Gasteiger partial charge is 0.292 e. The average Bonchev–Trinajstić information content (AvgIpc) is 3.71. The Hall–Kier alpha value is -7.03. The first kappa shape index (κ1) is 22.0. The highest BCUT2D eigenvalue weighted by Crippen LogP contribution is 2.46. The predicted octanol–water partition coefficient (Wildman–Crippen LogP) is 13.7. The molecule has 0 saturated carbocycles. The van der Waals surface area contributed by atoms with E-state index in [1.54, 1.807) is 18.2 Å². The maximum atomic E-state index is 8.89. The highest BCUT2D eigenvalue weighted by molar-refractivity contribution is 6.22. The molecule has 0 unspecified atom stereocenters. The van der Waals surface area contributed by atoms with E-state index in [9.17, 15) is 0 Å². The molecular weight excluding hydrogens is 641 g/mol. The lowest BCUT2D eigenvalue weighted by Gasteiger charge is -2.20. The predicted molar refractivity (Wildman–Crippen MR) is 223 cm³/mol. The van der Waals surface area contributed by atoms with E-state index < -0.39 is 36.3 Å². The minimum absolute atomic E-state index is 0.0684. The van der Waals surface area contributed by atoms with Crippen LogP contribution in [-0.4, -0.2) is 9.55 Å². The van der Waals surface area contributed by atoms with Crippen LogP contribution in [0.4, 0.5) is 0 Å². The smallest absolute Gasteiger partial charge is 0.145 e. The zero-order valence-electron chi connectivity index (χ0n) is 38.3. The van der Waals surface area contributed by atoms with Crippen molar-refractivity contribution in [1.82, 2.24) is 9.55 Å². The van der Waals surface area contributed by atoms with E-state index in [2.05, 4.69) is 34.9 Å². The number of para-hydroxylation sites is 2. The molecule has 0 aliphatic heterocycles. The van der Waals surface area contributed by atoms with Crippen molar-refractivity contribution in [2.24, 2.45) is 0 Å². The molecule has 53 heavy (non-hydrogen) atoms. The molecule has 10 aromatic rings. The molecule has 9 aromatic carbocycles. The van der Waals surface area contributed by atoms with Crippen LogP contribution in [0.5, 0.6) is 0 Å². The fourth-order valence-electron chi connectivity index (χ4n) is 7.44. The summed E-state index contributed by atoms with van der Waals surface area (Å²) in [6.45, 7) is 0. The van der Waals surface area contributed by atoms with Crippen LogP contribution in [0.2, 0.25) is 0 Å². The van der Waals surface area contributed by atoms with E-state index in [1.807, 2.05) is 97.1 Å². The molecule has 0 atom stereocenters. The van der Waals surface area contributed by atoms with Crippen molar-refractivity contribution in [1.29, 1.82) is 0 Å². The number of benzene rings is 9. The summed E-state index contributed by atoms with van der Waals surface area (Å²) in [4.78, 5) is 5.07. The second-order valence-electron chi connectivity index (χ2n) is 12.8. The van der Waals surface area contributed by atoms with Gasteiger partial charge in [0.05, 0.1) is 24.7 Å². The fraction of sp³-hybridized carbons (Fsp3) is 0. The van der Waals surface area contributed by atoms with Crippen molar-refractivity contribution in [2.75, 3.05) is 0 Å². The molecule has 1 heterocycles. The molecule has 1 aromatic heterocycles. The first-order chi connectivity index (χ1) is 30.4. The molecule has 2 heteroatoms. The first-order valence-corrected chi connectivity index (χ1v) is 17.3. The van der Waals surface area contributed by atoms with Gasteiger partial charge in [-0.1, -0.05) is 170 Å². The highest BCUT2D eigenvalue weighted by Gasteiger charge is 2.20. The molecular formula is C51H34N2. The molecule has 0 radical (unpaired) electrons. The van der Waals surface area contributed by atoms with Crippen LogP contribution in [0.25, 0.3) is 94.2 Å². The van der Waals surface area contributed by atoms with Crippen molar-refractivity contribution < 1.29 is 13.7 Å². The number of hydrogen-bond acceptors (Lipinski definition) is 1. The van der Waals surface area contributed by atoms with Gasteiger partial charge in [-0.25, -0.2) is 4.98 Å². The third kappa shape index (κ3) is 5.40. The molecule has 0 spiro atoms. The number of hydrogen-bond donors (Lipinski definition) is 0. The Morgan fingerprint density at radius 1 is 0.377 bits per heavy atom. The van der Waals surface area contributed by atoms with Gasteiger partial charge in [-0.05, 0) is 102 Å². The van der Waals surface area contributed by atoms with Crippen molar-refractivity contribution in [3.63, 3.8) is 0 Å². The van der Waals surface area contributed by atoms with Crippen molar-refractivity contribution >= 4 is 32.6 Å². The van der Waals surface area contributed by atoms with Crippen LogP contribution in [-0.2, 0) is 0 Å². The number of aromatic nitrogens is 2. The fourth-order valence-corrected chi connectivity index (χ4v) is 7.44. The van der Waals surface area contributed by atoms with E-state index in [1.165, 1.54) is 0 Å². The molecule has 0 amide bonds. The zero-order valence-corrected chi connectivity index (χ0v) is 28.3. The van der Waals surface area contributed by atoms with Gasteiger partial charge in [0, 0.05) is 11.3 Å². The maximum Gasteiger partial charge on any atom is 0.145 e. The summed E-state index contributed by atoms with van der Waals surface area (Å²) < 4.78 is 87.6. The highest BCUT2D eigenvalue weighted by atomic mass is 15.1. The second kappa shape index (κ2) is 12.9. The summed E-state index contributed by atoms with van der Waals surface area (Å²) in [5.74, 6) is 0.793. The van der Waals surface area contributed by atoms with Gasteiger partial charge in [-0.3, -0.25) is 4.57 Å². The van der Waals surface area contributed by atoms with Crippen LogP contribution in [0.3, 0.4) is 0 Å². The Balaban J connectivity index is 1.28. The van der Waals surface area contributed by atoms with Crippen LogP contribution >= 0.6 is 0 Å². The lowest BCUT2D eigenvalue weighted by molar-refractivity contribution is 1.10. The van der Waals surface area contributed by atoms with Gasteiger partial charge in [0.2, 0.25) is 0 Å². The maximum absolute atomic E-state index is 8.89. The van der Waals surface area contributed by atoms with Crippen LogP contribution in [0.1, 0.15) is 13.7 Å². The van der Waals surface area contributed by atoms with Crippen molar-refractivity contribution in [2.45, 2.75) is 0 Å². The Bertz CT molecular complexity index is 3470. The van der Waals surface area contributed by atoms with E-state index in [0.717, 1.165) is 66.3 Å². The summed E-state index contributed by atoms with van der Waals surface area (Å²) in [5, 5.41) is 3.30. The Labute approximate surface area is 323 Å². The quantitative estimate of drug-likeness (QED) is 0.159. The van der Waals surface area contributed by atoms with E-state index in [-0.39, 0.29) is 35.3 Å². The standard InChI is InChI=1S/C51H34N2/c1-4-16-35(17-5-1)38-22-14-23-40(32-38)50-44-27-11-10-26-43(44)49(45-31-30-39(34-46(45)50)36-18-6-2-7-19-36)41-24-15-25-42(33-41)53-48-29-13-12-28-47(48)52-51(53)37-20-8-3-9-21-37/h1-34H/i1D,2D,4D,5D,6D,7D,16D,17D,18D,19D. The van der Waals surface area contributed by atoms with Gasteiger partial charge in [-0.2, -0.15) is 0 Å². The van der Waals surface area contributed by atoms with Crippen LogP contribution < -0.4 is 0 Å². The van der Waals surface area contributed by atoms with Gasteiger partial charge in [0.1, 0.15) is 5.82 Å². The molecule has 0 aliphatic rings. The van der Waals surface area contributed by atoms with E-state index in [0.29, 0.717) is 16.7 Å². The van der Waals surface area contributed by atoms with Crippen molar-refractivity contribution in [3.8, 4) is 61.6 Å². The third-order valence-electron chi connectivity index (χ3n) is 9.74. The lowest BCUT2D eigenvalue weighted by atomic mass is 9.84. The van der Waals surface area contributed by atoms with Gasteiger partial charge in [0.25, 0.3) is 0 Å². The van der Waals surface area contributed by atoms with Gasteiger partial charge in [0.15, 0.2) is 0 Å². The number of fused-ring (bicyclic) bond motifs is 3. The minimum atomic E-state index is -0.478. The van der Waals surface area contributed by atoms with E-state index >= 15 is 0 Å². The van der Waals surface area contributed by atoms with Crippen LogP contribution in [0.15, 0.2) is 206 Å². The van der Waals surface area contributed by atoms with Crippen molar-refractivity contribution in [3.05, 3.63) is 206 Å². The number of rotatable bonds is 6.